The highest BCUT2D eigenvalue weighted by atomic mass is 35.6. The highest BCUT2D eigenvalue weighted by Gasteiger charge is 2.47. The number of imide groups is 1. The number of hydrogen-bond donors (Lipinski definition) is 0. The van der Waals surface area contributed by atoms with E-state index in [-0.39, 0.29) is 17.1 Å². The second-order valence-corrected chi connectivity index (χ2v) is 10.4. The zero-order valence-electron chi connectivity index (χ0n) is 19.8. The number of likely N-dealkylation sites (N-methyl/N-ethyl adjacent to an activating group) is 1. The number of benzene rings is 3. The van der Waals surface area contributed by atoms with Crippen LogP contribution in [-0.2, 0) is 4.79 Å². The number of amidine groups is 1. The molecular formula is C24H17Cl3N6O6. The molecule has 3 aromatic rings. The Balaban J connectivity index is 2.05. The van der Waals surface area contributed by atoms with E-state index in [0.717, 1.165) is 26.8 Å². The molecule has 0 spiro atoms. The third kappa shape index (κ3) is 5.35. The lowest BCUT2D eigenvalue weighted by molar-refractivity contribution is -0.384. The van der Waals surface area contributed by atoms with Crippen molar-refractivity contribution in [1.29, 1.82) is 0 Å². The first-order chi connectivity index (χ1) is 18.4. The lowest BCUT2D eigenvalue weighted by Crippen LogP contribution is -2.43. The molecule has 0 aromatic heterocycles. The standard InChI is InChI=1S/C24H17Cl3N6O6/c1-29-21(34)20(30(23(29)35)15-9-3-2-4-10-15)28-22(24(25,26)27)31(16-11-5-7-13-18(16)32(36)37)17-12-6-8-14-19(17)33(38)39/h2-14,22H,1H3. The fourth-order valence-corrected chi connectivity index (χ4v) is 4.37. The number of nitro groups is 2. The Morgan fingerprint density at radius 3 is 1.74 bits per heavy atom. The number of amides is 3. The Labute approximate surface area is 235 Å². The molecule has 0 saturated carbocycles. The van der Waals surface area contributed by atoms with Crippen molar-refractivity contribution in [2.75, 3.05) is 16.8 Å². The van der Waals surface area contributed by atoms with E-state index in [0.29, 0.717) is 0 Å². The molecular weight excluding hydrogens is 575 g/mol. The topological polar surface area (TPSA) is 142 Å². The van der Waals surface area contributed by atoms with Crippen molar-refractivity contribution in [3.8, 4) is 0 Å². The SMILES string of the molecule is CN1C(=O)C(=NC(N(c2ccccc2[N+](=O)[O-])c2ccccc2[N+](=O)[O-])C(Cl)(Cl)Cl)N(c2ccccc2)C1=O. The van der Waals surface area contributed by atoms with Gasteiger partial charge in [0.15, 0.2) is 6.17 Å². The minimum Gasteiger partial charge on any atom is -0.303 e. The van der Waals surface area contributed by atoms with Gasteiger partial charge in [0.05, 0.1) is 15.5 Å². The molecule has 1 heterocycles. The van der Waals surface area contributed by atoms with Gasteiger partial charge in [-0.15, -0.1) is 0 Å². The highest BCUT2D eigenvalue weighted by molar-refractivity contribution is 6.68. The molecule has 1 aliphatic heterocycles. The molecule has 1 unspecified atom stereocenters. The minimum absolute atomic E-state index is 0.214. The number of urea groups is 1. The average Bonchev–Trinajstić information content (AvgIpc) is 3.11. The number of nitro benzene ring substituents is 2. The molecule has 4 rings (SSSR count). The van der Waals surface area contributed by atoms with E-state index in [1.165, 1.54) is 43.4 Å². The van der Waals surface area contributed by atoms with Crippen LogP contribution in [0.15, 0.2) is 83.9 Å². The van der Waals surface area contributed by atoms with Gasteiger partial charge in [0, 0.05) is 19.2 Å². The number of carbonyl (C=O) groups excluding carboxylic acids is 2. The maximum absolute atomic E-state index is 13.2. The summed E-state index contributed by atoms with van der Waals surface area (Å²) in [6.45, 7) is 0. The quantitative estimate of drug-likeness (QED) is 0.145. The summed E-state index contributed by atoms with van der Waals surface area (Å²) in [5, 5.41) is 23.9. The normalized spacial score (nSPS) is 15.5. The number of aliphatic imine (C=N–C) groups is 1. The molecule has 200 valence electrons. The van der Waals surface area contributed by atoms with Crippen molar-refractivity contribution in [2.24, 2.45) is 4.99 Å². The van der Waals surface area contributed by atoms with Crippen molar-refractivity contribution < 1.29 is 19.4 Å². The van der Waals surface area contributed by atoms with Crippen LogP contribution in [0, 0.1) is 20.2 Å². The number of para-hydroxylation sites is 5. The fourth-order valence-electron chi connectivity index (χ4n) is 3.93. The molecule has 3 aromatic carbocycles. The molecule has 1 atom stereocenters. The summed E-state index contributed by atoms with van der Waals surface area (Å²) in [7, 11) is 1.23. The Hall–Kier alpha value is -4.26. The van der Waals surface area contributed by atoms with Crippen LogP contribution in [0.5, 0.6) is 0 Å². The second kappa shape index (κ2) is 10.8. The lowest BCUT2D eigenvalue weighted by atomic mass is 10.1. The van der Waals surface area contributed by atoms with Crippen molar-refractivity contribution in [1.82, 2.24) is 4.90 Å². The molecule has 1 fully saturated rings. The molecule has 0 radical (unpaired) electrons. The smallest absolute Gasteiger partial charge is 0.303 e. The van der Waals surface area contributed by atoms with Gasteiger partial charge in [0.2, 0.25) is 9.63 Å². The summed E-state index contributed by atoms with van der Waals surface area (Å²) in [6, 6.07) is 17.9. The number of hydrogen-bond acceptors (Lipinski definition) is 8. The Kier molecular flexibility index (Phi) is 7.72. The van der Waals surface area contributed by atoms with Gasteiger partial charge in [-0.05, 0) is 24.3 Å². The van der Waals surface area contributed by atoms with Crippen LogP contribution < -0.4 is 9.80 Å². The van der Waals surface area contributed by atoms with Gasteiger partial charge in [0.1, 0.15) is 11.4 Å². The summed E-state index contributed by atoms with van der Waals surface area (Å²) in [5.41, 5.74) is -1.13. The molecule has 0 bridgehead atoms. The number of nitrogens with zero attached hydrogens (tertiary/aromatic N) is 6. The van der Waals surface area contributed by atoms with Crippen LogP contribution in [0.25, 0.3) is 0 Å². The zero-order chi connectivity index (χ0) is 28.5. The Bertz CT molecular complexity index is 1440. The monoisotopic (exact) mass is 590 g/mol. The molecule has 39 heavy (non-hydrogen) atoms. The first-order valence-corrected chi connectivity index (χ1v) is 12.1. The van der Waals surface area contributed by atoms with Crippen molar-refractivity contribution >= 4 is 81.0 Å². The summed E-state index contributed by atoms with van der Waals surface area (Å²) >= 11 is 19.1. The van der Waals surface area contributed by atoms with Crippen LogP contribution in [0.4, 0.5) is 33.2 Å². The lowest BCUT2D eigenvalue weighted by Gasteiger charge is -2.34. The van der Waals surface area contributed by atoms with Crippen LogP contribution >= 0.6 is 34.8 Å². The maximum atomic E-state index is 13.2. The average molecular weight is 592 g/mol. The van der Waals surface area contributed by atoms with E-state index in [2.05, 4.69) is 4.99 Å². The molecule has 0 aliphatic carbocycles. The van der Waals surface area contributed by atoms with Gasteiger partial charge in [-0.25, -0.2) is 14.7 Å². The van der Waals surface area contributed by atoms with Gasteiger partial charge in [-0.3, -0.25) is 29.9 Å². The summed E-state index contributed by atoms with van der Waals surface area (Å²) in [6.07, 6.45) is -1.81. The molecule has 1 saturated heterocycles. The Morgan fingerprint density at radius 2 is 1.28 bits per heavy atom. The van der Waals surface area contributed by atoms with Crippen molar-refractivity contribution in [3.63, 3.8) is 0 Å². The first kappa shape index (κ1) is 27.8. The van der Waals surface area contributed by atoms with E-state index in [1.54, 1.807) is 30.3 Å². The third-order valence-electron chi connectivity index (χ3n) is 5.66. The molecule has 12 nitrogen and oxygen atoms in total. The predicted octanol–water partition coefficient (Wildman–Crippen LogP) is 5.83. The number of rotatable bonds is 7. The van der Waals surface area contributed by atoms with Crippen LogP contribution in [0.2, 0.25) is 0 Å². The minimum atomic E-state index is -2.44. The number of halogens is 3. The van der Waals surface area contributed by atoms with E-state index in [4.69, 9.17) is 34.8 Å². The second-order valence-electron chi connectivity index (χ2n) is 8.05. The number of alkyl halides is 3. The molecule has 1 aliphatic rings. The largest absolute Gasteiger partial charge is 0.337 e. The van der Waals surface area contributed by atoms with Gasteiger partial charge < -0.3 is 4.90 Å². The summed E-state index contributed by atoms with van der Waals surface area (Å²) < 4.78 is -2.44. The van der Waals surface area contributed by atoms with Crippen molar-refractivity contribution in [3.05, 3.63) is 99.1 Å². The van der Waals surface area contributed by atoms with Gasteiger partial charge in [-0.1, -0.05) is 77.3 Å². The summed E-state index contributed by atoms with van der Waals surface area (Å²) in [4.78, 5) is 55.8. The summed E-state index contributed by atoms with van der Waals surface area (Å²) in [5.74, 6) is -1.32. The van der Waals surface area contributed by atoms with E-state index in [9.17, 15) is 29.8 Å². The highest BCUT2D eigenvalue weighted by Crippen LogP contribution is 2.46. The van der Waals surface area contributed by atoms with Crippen LogP contribution in [-0.4, -0.2) is 49.5 Å². The zero-order valence-corrected chi connectivity index (χ0v) is 22.1. The van der Waals surface area contributed by atoms with E-state index >= 15 is 0 Å². The fraction of sp³-hybridized carbons (Fsp3) is 0.125. The van der Waals surface area contributed by atoms with E-state index < -0.39 is 49.0 Å². The van der Waals surface area contributed by atoms with E-state index in [1.807, 2.05) is 0 Å². The van der Waals surface area contributed by atoms with Gasteiger partial charge >= 0.3 is 6.03 Å². The number of carbonyl (C=O) groups is 2. The van der Waals surface area contributed by atoms with Crippen LogP contribution in [0.1, 0.15) is 0 Å². The van der Waals surface area contributed by atoms with Gasteiger partial charge in [0.25, 0.3) is 17.3 Å². The third-order valence-corrected chi connectivity index (χ3v) is 6.24. The van der Waals surface area contributed by atoms with Crippen LogP contribution in [0.3, 0.4) is 0 Å². The molecule has 3 amide bonds. The Morgan fingerprint density at radius 1 is 0.821 bits per heavy atom. The number of anilines is 3. The maximum Gasteiger partial charge on any atom is 0.337 e. The first-order valence-electron chi connectivity index (χ1n) is 11.0. The molecule has 15 heteroatoms. The molecule has 0 N–H and O–H groups in total. The van der Waals surface area contributed by atoms with Crippen molar-refractivity contribution in [2.45, 2.75) is 9.96 Å². The predicted molar refractivity (Wildman–Crippen MR) is 147 cm³/mol. The van der Waals surface area contributed by atoms with Gasteiger partial charge in [-0.2, -0.15) is 0 Å².